The van der Waals surface area contributed by atoms with Gasteiger partial charge in [0.15, 0.2) is 0 Å². The van der Waals surface area contributed by atoms with E-state index >= 15 is 0 Å². The first-order chi connectivity index (χ1) is 41.6. The summed E-state index contributed by atoms with van der Waals surface area (Å²) in [4.78, 5) is 52.2. The number of carbonyl (C=O) groups excluding carboxylic acids is 4. The van der Waals surface area contributed by atoms with Crippen molar-refractivity contribution in [1.29, 1.82) is 0 Å². The average Bonchev–Trinajstić information content (AvgIpc) is 3.53. The van der Waals surface area contributed by atoms with Crippen LogP contribution in [0.5, 0.6) is 23.0 Å². The molecule has 0 bridgehead atoms. The fourth-order valence-electron chi connectivity index (χ4n) is 10.6. The van der Waals surface area contributed by atoms with Crippen LogP contribution < -0.4 is 0 Å². The number of phenols is 4. The van der Waals surface area contributed by atoms with Gasteiger partial charge in [0, 0.05) is 0 Å². The molecule has 0 spiro atoms. The van der Waals surface area contributed by atoms with Gasteiger partial charge in [-0.3, -0.25) is 19.2 Å². The molecule has 4 N–H and O–H groups in total. The summed E-state index contributed by atoms with van der Waals surface area (Å²) in [6.07, 6.45) is 3.78. The quantitative estimate of drug-likeness (QED) is 0.0189. The number of hydrogen-bond donors (Lipinski definition) is 4. The predicted molar refractivity (Wildman–Crippen MR) is 347 cm³/mol. The Morgan fingerprint density at radius 1 is 0.315 bits per heavy atom. The number of ether oxygens (including phenoxy) is 8. The van der Waals surface area contributed by atoms with Crippen LogP contribution in [0.3, 0.4) is 0 Å². The first-order valence-electron chi connectivity index (χ1n) is 31.9. The predicted octanol–water partition coefficient (Wildman–Crippen LogP) is 13.5. The van der Waals surface area contributed by atoms with E-state index < -0.39 is 29.3 Å². The number of rotatable bonds is 36. The number of carbonyl (C=O) groups is 4. The van der Waals surface area contributed by atoms with Crippen LogP contribution in [-0.4, -0.2) is 124 Å². The van der Waals surface area contributed by atoms with Gasteiger partial charge < -0.3 is 58.3 Å². The molecule has 4 aromatic carbocycles. The highest BCUT2D eigenvalue weighted by Crippen LogP contribution is 2.39. The maximum Gasteiger partial charge on any atom is 0.308 e. The van der Waals surface area contributed by atoms with Crippen molar-refractivity contribution in [2.24, 2.45) is 5.41 Å². The molecule has 0 aromatic heterocycles. The standard InChI is InChI=1S/C73H108O16/c1-49-37-53(65(78)57(41-49)69(5,6)7)21-17-29-86-61(74)25-33-82-45-73(46-83-34-26-62(75)87-30-18-22-54-38-50(2)42-58(66(54)79)70(8,9)10,47-84-35-27-63(76)88-31-19-23-55-39-51(3)43-59(67(55)80)71(11,12)13)48-85-36-28-64(77)89-32-20-24-56-40-52(4)44-60(68(56)81)72(14,15)16/h37-44,78-81H,17-36,45-48H2,1-16H3. The first kappa shape index (κ1) is 75.3. The molecule has 496 valence electrons. The van der Waals surface area contributed by atoms with E-state index in [-0.39, 0.29) is 150 Å². The zero-order chi connectivity index (χ0) is 66.3. The Kier molecular flexibility index (Phi) is 29.5. The van der Waals surface area contributed by atoms with Crippen LogP contribution in [0, 0.1) is 33.1 Å². The van der Waals surface area contributed by atoms with E-state index in [1.807, 2.05) is 76.2 Å². The topological polar surface area (TPSA) is 223 Å². The van der Waals surface area contributed by atoms with Gasteiger partial charge in [0.1, 0.15) is 23.0 Å². The molecule has 0 aliphatic rings. The van der Waals surface area contributed by atoms with Gasteiger partial charge in [0.2, 0.25) is 0 Å². The van der Waals surface area contributed by atoms with Crippen molar-refractivity contribution in [2.75, 3.05) is 79.3 Å². The summed E-state index contributed by atoms with van der Waals surface area (Å²) < 4.78 is 47.1. The zero-order valence-corrected chi connectivity index (χ0v) is 56.8. The highest BCUT2D eigenvalue weighted by molar-refractivity contribution is 5.70. The molecule has 0 radical (unpaired) electrons. The van der Waals surface area contributed by atoms with E-state index in [1.54, 1.807) is 0 Å². The smallest absolute Gasteiger partial charge is 0.308 e. The number of hydrogen-bond acceptors (Lipinski definition) is 16. The van der Waals surface area contributed by atoms with Gasteiger partial charge in [-0.25, -0.2) is 0 Å². The van der Waals surface area contributed by atoms with Crippen molar-refractivity contribution in [3.63, 3.8) is 0 Å². The van der Waals surface area contributed by atoms with Crippen LogP contribution in [0.25, 0.3) is 0 Å². The molecule has 0 atom stereocenters. The molecule has 0 fully saturated rings. The Morgan fingerprint density at radius 3 is 0.685 bits per heavy atom. The lowest BCUT2D eigenvalue weighted by Gasteiger charge is -2.33. The molecule has 0 aliphatic carbocycles. The SMILES string of the molecule is Cc1cc(CCCOC(=O)CCOCC(COCCC(=O)OCCCc2cc(C)cc(C(C)(C)C)c2O)(COCCC(=O)OCCCc2cc(C)cc(C(C)(C)C)c2O)COCCC(=O)OCCCc2cc(C)cc(C(C)(C)C)c2O)c(O)c(C(C)(C)C)c1. The van der Waals surface area contributed by atoms with E-state index in [4.69, 9.17) is 37.9 Å². The minimum Gasteiger partial charge on any atom is -0.507 e. The van der Waals surface area contributed by atoms with Gasteiger partial charge in [-0.05, 0) is 145 Å². The Bertz CT molecular complexity index is 2530. The maximum atomic E-state index is 13.1. The Morgan fingerprint density at radius 2 is 0.506 bits per heavy atom. The third kappa shape index (κ3) is 25.9. The summed E-state index contributed by atoms with van der Waals surface area (Å²) in [7, 11) is 0. The molecule has 16 nitrogen and oxygen atoms in total. The van der Waals surface area contributed by atoms with Gasteiger partial charge in [-0.2, -0.15) is 0 Å². The number of phenolic OH excluding ortho intramolecular Hbond substituents is 4. The second-order valence-electron chi connectivity index (χ2n) is 28.3. The van der Waals surface area contributed by atoms with Crippen molar-refractivity contribution >= 4 is 23.9 Å². The largest absolute Gasteiger partial charge is 0.507 e. The van der Waals surface area contributed by atoms with Crippen molar-refractivity contribution in [3.8, 4) is 23.0 Å². The highest BCUT2D eigenvalue weighted by atomic mass is 16.6. The van der Waals surface area contributed by atoms with E-state index in [9.17, 15) is 39.6 Å². The Balaban J connectivity index is 1.42. The van der Waals surface area contributed by atoms with Gasteiger partial charge in [-0.1, -0.05) is 154 Å². The second kappa shape index (κ2) is 34.8. The minimum atomic E-state index is -1.09. The monoisotopic (exact) mass is 1240 g/mol. The highest BCUT2D eigenvalue weighted by Gasteiger charge is 2.34. The summed E-state index contributed by atoms with van der Waals surface area (Å²) >= 11 is 0. The zero-order valence-electron chi connectivity index (χ0n) is 56.8. The lowest BCUT2D eigenvalue weighted by atomic mass is 9.83. The van der Waals surface area contributed by atoms with Crippen molar-refractivity contribution in [1.82, 2.24) is 0 Å². The summed E-state index contributed by atoms with van der Waals surface area (Å²) in [5.74, 6) is -0.858. The molecular formula is C73H108O16. The first-order valence-corrected chi connectivity index (χ1v) is 31.9. The number of aryl methyl sites for hydroxylation is 8. The van der Waals surface area contributed by atoms with Crippen LogP contribution in [0.1, 0.15) is 201 Å². The van der Waals surface area contributed by atoms with Gasteiger partial charge in [0.05, 0.1) is 110 Å². The number of aromatic hydroxyl groups is 4. The molecule has 16 heteroatoms. The Hall–Kier alpha value is -6.20. The fraction of sp³-hybridized carbons (Fsp3) is 0.616. The second-order valence-corrected chi connectivity index (χ2v) is 28.3. The van der Waals surface area contributed by atoms with Crippen LogP contribution in [0.2, 0.25) is 0 Å². The van der Waals surface area contributed by atoms with E-state index in [2.05, 4.69) is 83.1 Å². The van der Waals surface area contributed by atoms with Gasteiger partial charge in [0.25, 0.3) is 0 Å². The molecule has 4 aromatic rings. The lowest BCUT2D eigenvalue weighted by molar-refractivity contribution is -0.148. The third-order valence-electron chi connectivity index (χ3n) is 15.4. The molecule has 0 aliphatic heterocycles. The van der Waals surface area contributed by atoms with Crippen LogP contribution in [-0.2, 0) is 104 Å². The fourth-order valence-corrected chi connectivity index (χ4v) is 10.6. The molecule has 0 amide bonds. The van der Waals surface area contributed by atoms with E-state index in [0.29, 0.717) is 51.4 Å². The molecular weight excluding hydrogens is 1130 g/mol. The van der Waals surface area contributed by atoms with Crippen LogP contribution >= 0.6 is 0 Å². The number of esters is 4. The van der Waals surface area contributed by atoms with Crippen molar-refractivity contribution in [2.45, 2.75) is 209 Å². The lowest BCUT2D eigenvalue weighted by Crippen LogP contribution is -2.42. The summed E-state index contributed by atoms with van der Waals surface area (Å²) in [6.45, 7) is 32.8. The van der Waals surface area contributed by atoms with Crippen LogP contribution in [0.4, 0.5) is 0 Å². The summed E-state index contributed by atoms with van der Waals surface area (Å²) in [5.41, 5.74) is 8.71. The van der Waals surface area contributed by atoms with E-state index in [0.717, 1.165) is 66.8 Å². The van der Waals surface area contributed by atoms with Crippen molar-refractivity contribution in [3.05, 3.63) is 115 Å². The van der Waals surface area contributed by atoms with Gasteiger partial charge >= 0.3 is 23.9 Å². The van der Waals surface area contributed by atoms with Crippen molar-refractivity contribution < 1.29 is 77.5 Å². The summed E-state index contributed by atoms with van der Waals surface area (Å²) in [5, 5.41) is 44.2. The maximum absolute atomic E-state index is 13.1. The number of benzene rings is 4. The average molecular weight is 1240 g/mol. The van der Waals surface area contributed by atoms with Gasteiger partial charge in [-0.15, -0.1) is 0 Å². The molecule has 0 unspecified atom stereocenters. The van der Waals surface area contributed by atoms with E-state index in [1.165, 1.54) is 0 Å². The Labute approximate surface area is 531 Å². The third-order valence-corrected chi connectivity index (χ3v) is 15.4. The van der Waals surface area contributed by atoms with Crippen LogP contribution in [0.15, 0.2) is 48.5 Å². The molecule has 4 rings (SSSR count). The summed E-state index contributed by atoms with van der Waals surface area (Å²) in [6, 6.07) is 15.8. The molecule has 0 saturated heterocycles. The minimum absolute atomic E-state index is 0.0350. The normalized spacial score (nSPS) is 12.3. The molecule has 0 saturated carbocycles. The molecule has 0 heterocycles. The molecule has 89 heavy (non-hydrogen) atoms.